The molecule has 0 radical (unpaired) electrons. The van der Waals surface area contributed by atoms with E-state index in [9.17, 15) is 19.5 Å². The van der Waals surface area contributed by atoms with Gasteiger partial charge in [-0.25, -0.2) is 4.79 Å². The van der Waals surface area contributed by atoms with Crippen LogP contribution in [-0.4, -0.2) is 33.8 Å². The molecule has 1 unspecified atom stereocenters. The number of carboxylic acids is 1. The Hall–Kier alpha value is -1.82. The number of hydrogen-bond donors (Lipinski definition) is 2. The molecule has 0 heterocycles. The second-order valence-electron chi connectivity index (χ2n) is 5.85. The maximum absolute atomic E-state index is 12.4. The maximum Gasteiger partial charge on any atom is 0.336 e. The van der Waals surface area contributed by atoms with E-state index in [2.05, 4.69) is 5.32 Å². The average Bonchev–Trinajstić information content (AvgIpc) is 2.43. The van der Waals surface area contributed by atoms with E-state index in [0.29, 0.717) is 23.4 Å². The van der Waals surface area contributed by atoms with E-state index in [0.717, 1.165) is 11.8 Å². The van der Waals surface area contributed by atoms with Crippen molar-refractivity contribution in [3.63, 3.8) is 0 Å². The zero-order valence-electron chi connectivity index (χ0n) is 13.9. The van der Waals surface area contributed by atoms with Crippen LogP contribution in [0, 0.1) is 12.8 Å². The Bertz CT molecular complexity index is 598. The average molecular weight is 337 g/mol. The molecule has 23 heavy (non-hydrogen) atoms. The van der Waals surface area contributed by atoms with Crippen molar-refractivity contribution in [2.75, 3.05) is 11.1 Å². The zero-order chi connectivity index (χ0) is 17.6. The van der Waals surface area contributed by atoms with Crippen LogP contribution in [0.3, 0.4) is 0 Å². The lowest BCUT2D eigenvalue weighted by molar-refractivity contribution is -0.120. The molecule has 0 aliphatic carbocycles. The van der Waals surface area contributed by atoms with Gasteiger partial charge in [-0.3, -0.25) is 9.59 Å². The third kappa shape index (κ3) is 6.06. The van der Waals surface area contributed by atoms with Gasteiger partial charge in [-0.15, -0.1) is 0 Å². The Kier molecular flexibility index (Phi) is 7.29. The van der Waals surface area contributed by atoms with Crippen molar-refractivity contribution in [2.45, 2.75) is 40.2 Å². The van der Waals surface area contributed by atoms with Gasteiger partial charge >= 0.3 is 5.97 Å². The van der Waals surface area contributed by atoms with Gasteiger partial charge in [-0.2, -0.15) is 0 Å². The molecule has 1 aromatic rings. The van der Waals surface area contributed by atoms with Gasteiger partial charge in [0.1, 0.15) is 0 Å². The summed E-state index contributed by atoms with van der Waals surface area (Å²) >= 11 is 1.09. The summed E-state index contributed by atoms with van der Waals surface area (Å²) in [4.78, 5) is 34.8. The Morgan fingerprint density at radius 2 is 1.91 bits per heavy atom. The number of Topliss-reactive ketones (excluding diaryl/α,β-unsaturated/α-hetero) is 1. The van der Waals surface area contributed by atoms with Crippen LogP contribution in [-0.2, 0) is 9.59 Å². The van der Waals surface area contributed by atoms with Crippen LogP contribution in [0.15, 0.2) is 18.2 Å². The smallest absolute Gasteiger partial charge is 0.336 e. The third-order valence-electron chi connectivity index (χ3n) is 3.35. The summed E-state index contributed by atoms with van der Waals surface area (Å²) in [6.45, 7) is 7.09. The van der Waals surface area contributed by atoms with E-state index in [1.54, 1.807) is 19.1 Å². The highest BCUT2D eigenvalue weighted by atomic mass is 32.2. The molecule has 0 spiro atoms. The lowest BCUT2D eigenvalue weighted by Gasteiger charge is -2.21. The van der Waals surface area contributed by atoms with Gasteiger partial charge in [0, 0.05) is 24.8 Å². The number of anilines is 1. The van der Waals surface area contributed by atoms with Gasteiger partial charge in [0.2, 0.25) is 0 Å². The van der Waals surface area contributed by atoms with E-state index < -0.39 is 12.0 Å². The SMILES string of the molecule is CC(=O)SCC(Nc1cccc(C(=O)O)c1C)C(=O)CC(C)C. The monoisotopic (exact) mass is 337 g/mol. The Labute approximate surface area is 140 Å². The first-order valence-corrected chi connectivity index (χ1v) is 8.46. The Morgan fingerprint density at radius 3 is 2.43 bits per heavy atom. The highest BCUT2D eigenvalue weighted by Gasteiger charge is 2.21. The molecule has 1 rings (SSSR count). The van der Waals surface area contributed by atoms with Gasteiger partial charge < -0.3 is 10.4 Å². The second kappa shape index (κ2) is 8.72. The maximum atomic E-state index is 12.4. The molecule has 0 bridgehead atoms. The van der Waals surface area contributed by atoms with Crippen molar-refractivity contribution in [3.05, 3.63) is 29.3 Å². The summed E-state index contributed by atoms with van der Waals surface area (Å²) in [5.41, 5.74) is 1.38. The number of ketones is 1. The molecular formula is C17H23NO4S. The molecule has 0 aliphatic heterocycles. The number of carbonyl (C=O) groups excluding carboxylic acids is 2. The summed E-state index contributed by atoms with van der Waals surface area (Å²) in [5.74, 6) is -0.429. The topological polar surface area (TPSA) is 83.5 Å². The molecule has 0 aliphatic rings. The first-order chi connectivity index (χ1) is 10.7. The zero-order valence-corrected chi connectivity index (χ0v) is 14.7. The third-order valence-corrected chi connectivity index (χ3v) is 4.25. The van der Waals surface area contributed by atoms with Crippen molar-refractivity contribution < 1.29 is 19.5 Å². The molecule has 126 valence electrons. The van der Waals surface area contributed by atoms with Crippen LogP contribution < -0.4 is 5.32 Å². The quantitative estimate of drug-likeness (QED) is 0.757. The number of carbonyl (C=O) groups is 3. The van der Waals surface area contributed by atoms with E-state index in [4.69, 9.17) is 0 Å². The number of hydrogen-bond acceptors (Lipinski definition) is 5. The highest BCUT2D eigenvalue weighted by Crippen LogP contribution is 2.22. The molecule has 0 amide bonds. The van der Waals surface area contributed by atoms with E-state index in [-0.39, 0.29) is 22.4 Å². The van der Waals surface area contributed by atoms with Crippen molar-refractivity contribution >= 4 is 34.3 Å². The number of thioether (sulfide) groups is 1. The molecule has 1 aromatic carbocycles. The molecule has 0 saturated heterocycles. The highest BCUT2D eigenvalue weighted by molar-refractivity contribution is 8.13. The van der Waals surface area contributed by atoms with Crippen LogP contribution in [0.2, 0.25) is 0 Å². The largest absolute Gasteiger partial charge is 0.478 e. The van der Waals surface area contributed by atoms with Crippen LogP contribution in [0.1, 0.15) is 43.1 Å². The van der Waals surface area contributed by atoms with Crippen LogP contribution in [0.4, 0.5) is 5.69 Å². The predicted molar refractivity (Wildman–Crippen MR) is 93.2 cm³/mol. The predicted octanol–water partition coefficient (Wildman–Crippen LogP) is 3.37. The van der Waals surface area contributed by atoms with Gasteiger partial charge in [-0.1, -0.05) is 31.7 Å². The number of rotatable bonds is 8. The normalized spacial score (nSPS) is 12.0. The van der Waals surface area contributed by atoms with Gasteiger partial charge in [0.15, 0.2) is 10.9 Å². The van der Waals surface area contributed by atoms with E-state index in [1.807, 2.05) is 13.8 Å². The summed E-state index contributed by atoms with van der Waals surface area (Å²) < 4.78 is 0. The lowest BCUT2D eigenvalue weighted by Crippen LogP contribution is -2.33. The van der Waals surface area contributed by atoms with Crippen molar-refractivity contribution in [1.82, 2.24) is 0 Å². The Morgan fingerprint density at radius 1 is 1.26 bits per heavy atom. The molecule has 1 atom stereocenters. The molecule has 0 fully saturated rings. The van der Waals surface area contributed by atoms with Crippen molar-refractivity contribution in [1.29, 1.82) is 0 Å². The van der Waals surface area contributed by atoms with Crippen molar-refractivity contribution in [2.24, 2.45) is 5.92 Å². The van der Waals surface area contributed by atoms with Crippen molar-refractivity contribution in [3.8, 4) is 0 Å². The minimum absolute atomic E-state index is 0.0221. The number of aromatic carboxylic acids is 1. The molecule has 6 heteroatoms. The van der Waals surface area contributed by atoms with Crippen LogP contribution in [0.5, 0.6) is 0 Å². The Balaban J connectivity index is 3.00. The first kappa shape index (κ1) is 19.2. The fourth-order valence-electron chi connectivity index (χ4n) is 2.17. The molecule has 0 saturated carbocycles. The van der Waals surface area contributed by atoms with Gasteiger partial charge in [-0.05, 0) is 30.5 Å². The molecule has 0 aromatic heterocycles. The second-order valence-corrected chi connectivity index (χ2v) is 7.04. The van der Waals surface area contributed by atoms with Gasteiger partial charge in [0.05, 0.1) is 11.6 Å². The standard InChI is InChI=1S/C17H23NO4S/c1-10(2)8-16(20)15(9-23-12(4)19)18-14-7-5-6-13(11(14)3)17(21)22/h5-7,10,15,18H,8-9H2,1-4H3,(H,21,22). The first-order valence-electron chi connectivity index (χ1n) is 7.47. The fraction of sp³-hybridized carbons (Fsp3) is 0.471. The lowest BCUT2D eigenvalue weighted by atomic mass is 10.0. The summed E-state index contributed by atoms with van der Waals surface area (Å²) in [7, 11) is 0. The molecular weight excluding hydrogens is 314 g/mol. The summed E-state index contributed by atoms with van der Waals surface area (Å²) in [6.07, 6.45) is 0.411. The number of nitrogens with one attached hydrogen (secondary N) is 1. The summed E-state index contributed by atoms with van der Waals surface area (Å²) in [6, 6.07) is 4.39. The molecule has 5 nitrogen and oxygen atoms in total. The minimum atomic E-state index is -1.01. The molecule has 2 N–H and O–H groups in total. The fourth-order valence-corrected chi connectivity index (χ4v) is 2.84. The van der Waals surface area contributed by atoms with E-state index >= 15 is 0 Å². The minimum Gasteiger partial charge on any atom is -0.478 e. The van der Waals surface area contributed by atoms with Gasteiger partial charge in [0.25, 0.3) is 0 Å². The van der Waals surface area contributed by atoms with Crippen LogP contribution in [0.25, 0.3) is 0 Å². The summed E-state index contributed by atoms with van der Waals surface area (Å²) in [5, 5.41) is 12.3. The number of carboxylic acid groups (broad SMARTS) is 1. The number of benzene rings is 1. The van der Waals surface area contributed by atoms with Crippen LogP contribution >= 0.6 is 11.8 Å². The van der Waals surface area contributed by atoms with E-state index in [1.165, 1.54) is 13.0 Å².